The fraction of sp³-hybridized carbons (Fsp3) is 0.0588. The number of thiazole rings is 1. The van der Waals surface area contributed by atoms with Crippen molar-refractivity contribution in [2.45, 2.75) is 0 Å². The van der Waals surface area contributed by atoms with Crippen LogP contribution in [0.2, 0.25) is 0 Å². The molecule has 2 N–H and O–H groups in total. The van der Waals surface area contributed by atoms with Crippen LogP contribution in [-0.2, 0) is 0 Å². The Morgan fingerprint density at radius 2 is 1.76 bits per heavy atom. The Balaban J connectivity index is 1.67. The van der Waals surface area contributed by atoms with Gasteiger partial charge in [0, 0.05) is 28.9 Å². The second kappa shape index (κ2) is 6.33. The molecule has 0 saturated heterocycles. The van der Waals surface area contributed by atoms with Gasteiger partial charge in [0.25, 0.3) is 0 Å². The van der Waals surface area contributed by atoms with Crippen molar-refractivity contribution in [3.05, 3.63) is 54.2 Å². The molecular formula is C17H14N6OS. The van der Waals surface area contributed by atoms with Gasteiger partial charge in [0.2, 0.25) is 11.1 Å². The number of nitrogens with zero attached hydrogens (tertiary/aromatic N) is 5. The summed E-state index contributed by atoms with van der Waals surface area (Å²) in [5.41, 5.74) is 8.72. The molecule has 0 fully saturated rings. The quantitative estimate of drug-likeness (QED) is 0.608. The Hall–Kier alpha value is -3.26. The van der Waals surface area contributed by atoms with Crippen LogP contribution in [-0.4, -0.2) is 31.8 Å². The number of hydrogen-bond donors (Lipinski definition) is 1. The van der Waals surface area contributed by atoms with Crippen LogP contribution in [0.3, 0.4) is 0 Å². The molecule has 0 amide bonds. The first kappa shape index (κ1) is 15.3. The number of nitrogens with two attached hydrogens (primary N) is 1. The molecule has 0 radical (unpaired) electrons. The summed E-state index contributed by atoms with van der Waals surface area (Å²) < 4.78 is 6.73. The molecule has 0 bridgehead atoms. The highest BCUT2D eigenvalue weighted by Gasteiger charge is 2.14. The number of aromatic nitrogens is 5. The zero-order chi connectivity index (χ0) is 17.2. The number of benzene rings is 1. The van der Waals surface area contributed by atoms with Crippen molar-refractivity contribution in [3.8, 4) is 33.5 Å². The van der Waals surface area contributed by atoms with E-state index in [1.165, 1.54) is 11.3 Å². The lowest BCUT2D eigenvalue weighted by Gasteiger charge is -2.00. The summed E-state index contributed by atoms with van der Waals surface area (Å²) in [6.45, 7) is 0. The molecule has 7 nitrogen and oxygen atoms in total. The van der Waals surface area contributed by atoms with E-state index in [1.807, 2.05) is 41.8 Å². The first-order valence-electron chi connectivity index (χ1n) is 7.48. The Bertz CT molecular complexity index is 994. The van der Waals surface area contributed by atoms with Gasteiger partial charge in [-0.2, -0.15) is 9.67 Å². The molecule has 0 aliphatic rings. The Kier molecular flexibility index (Phi) is 3.87. The van der Waals surface area contributed by atoms with Crippen molar-refractivity contribution in [2.75, 3.05) is 12.8 Å². The molecule has 0 atom stereocenters. The van der Waals surface area contributed by atoms with E-state index in [1.54, 1.807) is 24.2 Å². The number of pyridine rings is 1. The van der Waals surface area contributed by atoms with Crippen LogP contribution in [0.15, 0.2) is 54.2 Å². The topological polar surface area (TPSA) is 91.7 Å². The molecule has 0 saturated carbocycles. The summed E-state index contributed by atoms with van der Waals surface area (Å²) in [6, 6.07) is 11.4. The highest BCUT2D eigenvalue weighted by Crippen LogP contribution is 2.27. The summed E-state index contributed by atoms with van der Waals surface area (Å²) in [5, 5.41) is 7.09. The van der Waals surface area contributed by atoms with E-state index in [9.17, 15) is 0 Å². The molecule has 3 aromatic heterocycles. The number of hydrogen-bond acceptors (Lipinski definition) is 7. The lowest BCUT2D eigenvalue weighted by Crippen LogP contribution is -2.01. The third-order valence-corrected chi connectivity index (χ3v) is 4.45. The van der Waals surface area contributed by atoms with Crippen molar-refractivity contribution < 1.29 is 4.74 Å². The van der Waals surface area contributed by atoms with Crippen molar-refractivity contribution >= 4 is 17.3 Å². The monoisotopic (exact) mass is 350 g/mol. The van der Waals surface area contributed by atoms with Gasteiger partial charge in [-0.25, -0.2) is 4.98 Å². The van der Waals surface area contributed by atoms with E-state index < -0.39 is 0 Å². The zero-order valence-corrected chi connectivity index (χ0v) is 14.1. The fourth-order valence-electron chi connectivity index (χ4n) is 2.34. The minimum absolute atomic E-state index is 0.294. The molecular weight excluding hydrogens is 336 g/mol. The van der Waals surface area contributed by atoms with Crippen LogP contribution in [0.1, 0.15) is 0 Å². The number of rotatable bonds is 4. The summed E-state index contributed by atoms with van der Waals surface area (Å²) >= 11 is 1.46. The second-order valence-electron chi connectivity index (χ2n) is 5.19. The Morgan fingerprint density at radius 1 is 1.00 bits per heavy atom. The normalized spacial score (nSPS) is 10.8. The molecule has 4 aromatic rings. The van der Waals surface area contributed by atoms with Gasteiger partial charge in [0.05, 0.1) is 12.8 Å². The van der Waals surface area contributed by atoms with Crippen LogP contribution < -0.4 is 10.5 Å². The standard InChI is InChI=1S/C17H14N6OS/c1-24-13-4-2-11(3-5-13)14-10-25-17(20-14)23-16(18)21-15(22-23)12-6-8-19-9-7-12/h2-10H,1H3,(H2,18,21,22). The van der Waals surface area contributed by atoms with Gasteiger partial charge in [0.15, 0.2) is 5.82 Å². The molecule has 1 aromatic carbocycles. The van der Waals surface area contributed by atoms with Crippen LogP contribution in [0, 0.1) is 0 Å². The third-order valence-electron chi connectivity index (χ3n) is 3.63. The van der Waals surface area contributed by atoms with E-state index in [-0.39, 0.29) is 0 Å². The Labute approximate surface area is 147 Å². The van der Waals surface area contributed by atoms with Crippen LogP contribution >= 0.6 is 11.3 Å². The Morgan fingerprint density at radius 3 is 2.48 bits per heavy atom. The molecule has 25 heavy (non-hydrogen) atoms. The van der Waals surface area contributed by atoms with Crippen LogP contribution in [0.5, 0.6) is 5.75 Å². The molecule has 124 valence electrons. The molecule has 0 aliphatic carbocycles. The van der Waals surface area contributed by atoms with E-state index in [0.717, 1.165) is 22.6 Å². The second-order valence-corrected chi connectivity index (χ2v) is 6.02. The predicted octanol–water partition coefficient (Wildman–Crippen LogP) is 3.04. The van der Waals surface area contributed by atoms with Gasteiger partial charge in [-0.3, -0.25) is 4.98 Å². The molecule has 0 aliphatic heterocycles. The van der Waals surface area contributed by atoms with Crippen molar-refractivity contribution in [1.82, 2.24) is 24.7 Å². The molecule has 0 unspecified atom stereocenters. The lowest BCUT2D eigenvalue weighted by atomic mass is 10.2. The van der Waals surface area contributed by atoms with Gasteiger partial charge in [-0.05, 0) is 36.4 Å². The highest BCUT2D eigenvalue weighted by molar-refractivity contribution is 7.12. The summed E-state index contributed by atoms with van der Waals surface area (Å²) in [4.78, 5) is 12.9. The predicted molar refractivity (Wildman–Crippen MR) is 96.7 cm³/mol. The van der Waals surface area contributed by atoms with Gasteiger partial charge in [-0.15, -0.1) is 16.4 Å². The molecule has 3 heterocycles. The van der Waals surface area contributed by atoms with E-state index >= 15 is 0 Å². The summed E-state index contributed by atoms with van der Waals surface area (Å²) in [7, 11) is 1.64. The highest BCUT2D eigenvalue weighted by atomic mass is 32.1. The average Bonchev–Trinajstić information content (AvgIpc) is 3.29. The first-order chi connectivity index (χ1) is 12.2. The SMILES string of the molecule is COc1ccc(-c2csc(-n3nc(-c4ccncc4)nc3N)n2)cc1. The van der Waals surface area contributed by atoms with E-state index in [4.69, 9.17) is 10.5 Å². The van der Waals surface area contributed by atoms with E-state index in [2.05, 4.69) is 20.1 Å². The van der Waals surface area contributed by atoms with Crippen molar-refractivity contribution in [2.24, 2.45) is 0 Å². The number of methoxy groups -OCH3 is 1. The fourth-order valence-corrected chi connectivity index (χ4v) is 3.14. The minimum atomic E-state index is 0.294. The maximum atomic E-state index is 6.02. The molecule has 0 spiro atoms. The first-order valence-corrected chi connectivity index (χ1v) is 8.36. The summed E-state index contributed by atoms with van der Waals surface area (Å²) in [6.07, 6.45) is 3.38. The minimum Gasteiger partial charge on any atom is -0.497 e. The van der Waals surface area contributed by atoms with E-state index in [0.29, 0.717) is 16.9 Å². The van der Waals surface area contributed by atoms with Crippen molar-refractivity contribution in [1.29, 1.82) is 0 Å². The molecule has 8 heteroatoms. The van der Waals surface area contributed by atoms with Crippen molar-refractivity contribution in [3.63, 3.8) is 0 Å². The van der Waals surface area contributed by atoms with Gasteiger partial charge < -0.3 is 10.5 Å². The largest absolute Gasteiger partial charge is 0.497 e. The number of anilines is 1. The number of nitrogen functional groups attached to an aromatic ring is 1. The molecule has 4 rings (SSSR count). The number of ether oxygens (including phenoxy) is 1. The zero-order valence-electron chi connectivity index (χ0n) is 13.3. The van der Waals surface area contributed by atoms with Crippen LogP contribution in [0.25, 0.3) is 27.8 Å². The maximum Gasteiger partial charge on any atom is 0.226 e. The van der Waals surface area contributed by atoms with Crippen LogP contribution in [0.4, 0.5) is 5.95 Å². The average molecular weight is 350 g/mol. The van der Waals surface area contributed by atoms with Gasteiger partial charge >= 0.3 is 0 Å². The maximum absolute atomic E-state index is 6.02. The third kappa shape index (κ3) is 2.94. The smallest absolute Gasteiger partial charge is 0.226 e. The van der Waals surface area contributed by atoms with Gasteiger partial charge in [0.1, 0.15) is 5.75 Å². The van der Waals surface area contributed by atoms with Gasteiger partial charge in [-0.1, -0.05) is 0 Å². The lowest BCUT2D eigenvalue weighted by molar-refractivity contribution is 0.415. The summed E-state index contributed by atoms with van der Waals surface area (Å²) in [5.74, 6) is 1.64.